The Kier molecular flexibility index (Phi) is 4.25. The predicted octanol–water partition coefficient (Wildman–Crippen LogP) is 4.51. The van der Waals surface area contributed by atoms with E-state index in [1.54, 1.807) is 10.5 Å². The summed E-state index contributed by atoms with van der Waals surface area (Å²) in [6.45, 7) is 2.89. The zero-order valence-corrected chi connectivity index (χ0v) is 18.2. The van der Waals surface area contributed by atoms with Gasteiger partial charge in [0.1, 0.15) is 5.52 Å². The van der Waals surface area contributed by atoms with Crippen LogP contribution in [0.4, 0.5) is 0 Å². The molecule has 4 heterocycles. The third-order valence-corrected chi connectivity index (χ3v) is 7.16. The van der Waals surface area contributed by atoms with Crippen molar-refractivity contribution in [2.75, 3.05) is 0 Å². The summed E-state index contributed by atoms with van der Waals surface area (Å²) in [6, 6.07) is 17.6. The van der Waals surface area contributed by atoms with E-state index >= 15 is 0 Å². The molecule has 31 heavy (non-hydrogen) atoms. The van der Waals surface area contributed by atoms with Gasteiger partial charge in [0.25, 0.3) is 5.56 Å². The van der Waals surface area contributed by atoms with E-state index in [4.69, 9.17) is 9.97 Å². The molecule has 7 nitrogen and oxygen atoms in total. The van der Waals surface area contributed by atoms with Crippen LogP contribution in [0.3, 0.4) is 0 Å². The highest BCUT2D eigenvalue weighted by Crippen LogP contribution is 2.28. The van der Waals surface area contributed by atoms with Crippen molar-refractivity contribution in [3.05, 3.63) is 70.6 Å². The van der Waals surface area contributed by atoms with Crippen LogP contribution < -0.4 is 5.56 Å². The number of nitrogens with zero attached hydrogens (tertiary/aromatic N) is 6. The minimum atomic E-state index is -0.0707. The molecule has 0 saturated heterocycles. The summed E-state index contributed by atoms with van der Waals surface area (Å²) < 4.78 is 4.86. The van der Waals surface area contributed by atoms with E-state index in [-0.39, 0.29) is 5.56 Å². The monoisotopic (exact) mass is 444 g/mol. The van der Waals surface area contributed by atoms with Crippen molar-refractivity contribution < 1.29 is 0 Å². The number of thioether (sulfide) groups is 1. The molecule has 0 radical (unpaired) electrons. The van der Waals surface area contributed by atoms with Gasteiger partial charge in [-0.1, -0.05) is 53.4 Å². The van der Waals surface area contributed by atoms with Crippen LogP contribution in [-0.2, 0) is 12.3 Å². The van der Waals surface area contributed by atoms with Crippen molar-refractivity contribution in [2.45, 2.75) is 24.4 Å². The lowest BCUT2D eigenvalue weighted by molar-refractivity contribution is 0.789. The fraction of sp³-hybridized carbons (Fsp3) is 0.136. The number of thiazole rings is 1. The molecule has 0 fully saturated rings. The SMILES string of the molecule is CCn1c2ccccc2c2nnc(SCc3cc(=O)n4c(n3)sc3ccccc34)nc21. The van der Waals surface area contributed by atoms with E-state index in [1.807, 2.05) is 42.5 Å². The average molecular weight is 445 g/mol. The smallest absolute Gasteiger partial charge is 0.259 e. The van der Waals surface area contributed by atoms with Crippen molar-refractivity contribution in [3.8, 4) is 0 Å². The molecule has 0 saturated carbocycles. The van der Waals surface area contributed by atoms with Crippen molar-refractivity contribution in [3.63, 3.8) is 0 Å². The van der Waals surface area contributed by atoms with Gasteiger partial charge in [0.05, 0.1) is 21.4 Å². The Labute approximate surface area is 184 Å². The first-order valence-electron chi connectivity index (χ1n) is 9.87. The number of aromatic nitrogens is 6. The van der Waals surface area contributed by atoms with E-state index in [0.717, 1.165) is 38.8 Å². The van der Waals surface area contributed by atoms with E-state index in [9.17, 15) is 4.79 Å². The van der Waals surface area contributed by atoms with Crippen LogP contribution in [0, 0.1) is 0 Å². The van der Waals surface area contributed by atoms with Crippen LogP contribution in [0.1, 0.15) is 12.6 Å². The Morgan fingerprint density at radius 1 is 1.00 bits per heavy atom. The summed E-state index contributed by atoms with van der Waals surface area (Å²) in [6.07, 6.45) is 0. The summed E-state index contributed by atoms with van der Waals surface area (Å²) in [5.41, 5.74) is 4.28. The van der Waals surface area contributed by atoms with Crippen molar-refractivity contribution in [2.24, 2.45) is 0 Å². The van der Waals surface area contributed by atoms with Gasteiger partial charge < -0.3 is 4.57 Å². The number of para-hydroxylation sites is 2. The molecule has 0 aliphatic heterocycles. The van der Waals surface area contributed by atoms with Gasteiger partial charge in [0.2, 0.25) is 5.16 Å². The Bertz CT molecular complexity index is 1670. The summed E-state index contributed by atoms with van der Waals surface area (Å²) in [7, 11) is 0. The summed E-state index contributed by atoms with van der Waals surface area (Å²) >= 11 is 2.95. The summed E-state index contributed by atoms with van der Waals surface area (Å²) in [5.74, 6) is 0.500. The molecule has 9 heteroatoms. The van der Waals surface area contributed by atoms with E-state index < -0.39 is 0 Å². The molecule has 0 atom stereocenters. The zero-order chi connectivity index (χ0) is 20.9. The molecule has 0 aliphatic rings. The summed E-state index contributed by atoms with van der Waals surface area (Å²) in [4.78, 5) is 22.9. The van der Waals surface area contributed by atoms with Gasteiger partial charge in [-0.25, -0.2) is 9.97 Å². The molecule has 0 bridgehead atoms. The largest absolute Gasteiger partial charge is 0.324 e. The Morgan fingerprint density at radius 2 is 1.81 bits per heavy atom. The van der Waals surface area contributed by atoms with Crippen LogP contribution in [0.25, 0.3) is 37.2 Å². The highest BCUT2D eigenvalue weighted by atomic mass is 32.2. The molecule has 0 aliphatic carbocycles. The Balaban J connectivity index is 1.37. The minimum absolute atomic E-state index is 0.0707. The van der Waals surface area contributed by atoms with E-state index in [2.05, 4.69) is 27.8 Å². The molecule has 0 spiro atoms. The molecular weight excluding hydrogens is 428 g/mol. The van der Waals surface area contributed by atoms with Gasteiger partial charge in [0.15, 0.2) is 10.6 Å². The maximum atomic E-state index is 12.7. The van der Waals surface area contributed by atoms with Crippen LogP contribution in [-0.4, -0.2) is 29.1 Å². The van der Waals surface area contributed by atoms with Gasteiger partial charge in [-0.15, -0.1) is 10.2 Å². The number of hydrogen-bond donors (Lipinski definition) is 0. The fourth-order valence-electron chi connectivity index (χ4n) is 3.91. The normalized spacial score (nSPS) is 11.9. The van der Waals surface area contributed by atoms with Gasteiger partial charge in [-0.05, 0) is 25.1 Å². The average Bonchev–Trinajstić information content (AvgIpc) is 3.32. The number of benzene rings is 2. The molecule has 6 aromatic rings. The highest BCUT2D eigenvalue weighted by molar-refractivity contribution is 7.98. The van der Waals surface area contributed by atoms with Gasteiger partial charge in [-0.3, -0.25) is 9.20 Å². The number of hydrogen-bond acceptors (Lipinski definition) is 7. The lowest BCUT2D eigenvalue weighted by atomic mass is 10.2. The summed E-state index contributed by atoms with van der Waals surface area (Å²) in [5, 5.41) is 10.4. The van der Waals surface area contributed by atoms with E-state index in [1.165, 1.54) is 23.1 Å². The number of aryl methyl sites for hydroxylation is 1. The molecular formula is C22H16N6OS2. The molecule has 2 aromatic carbocycles. The highest BCUT2D eigenvalue weighted by Gasteiger charge is 2.15. The van der Waals surface area contributed by atoms with Crippen LogP contribution in [0.5, 0.6) is 0 Å². The Morgan fingerprint density at radius 3 is 2.68 bits per heavy atom. The minimum Gasteiger partial charge on any atom is -0.324 e. The van der Waals surface area contributed by atoms with Crippen LogP contribution >= 0.6 is 23.1 Å². The molecule has 0 amide bonds. The second kappa shape index (κ2) is 7.14. The Hall–Kier alpha value is -3.30. The van der Waals surface area contributed by atoms with Crippen LogP contribution in [0.2, 0.25) is 0 Å². The number of fused-ring (bicyclic) bond motifs is 6. The lowest BCUT2D eigenvalue weighted by Gasteiger charge is -2.03. The van der Waals surface area contributed by atoms with Crippen molar-refractivity contribution >= 4 is 60.3 Å². The van der Waals surface area contributed by atoms with Gasteiger partial charge in [-0.2, -0.15) is 0 Å². The second-order valence-corrected chi connectivity index (χ2v) is 9.04. The molecule has 0 N–H and O–H groups in total. The maximum Gasteiger partial charge on any atom is 0.259 e. The first-order chi connectivity index (χ1) is 15.2. The standard InChI is InChI=1S/C22H16N6OS2/c1-2-27-15-8-4-3-7-14(15)19-20(27)24-21(26-25-19)30-12-13-11-18(29)28-16-9-5-6-10-17(16)31-22(28)23-13/h3-11H,2,12H2,1H3. The van der Waals surface area contributed by atoms with Crippen molar-refractivity contribution in [1.29, 1.82) is 0 Å². The van der Waals surface area contributed by atoms with Crippen LogP contribution in [0.15, 0.2) is 64.5 Å². The topological polar surface area (TPSA) is 78.0 Å². The van der Waals surface area contributed by atoms with Gasteiger partial charge >= 0.3 is 0 Å². The first-order valence-corrected chi connectivity index (χ1v) is 11.7. The molecule has 4 aromatic heterocycles. The third-order valence-electron chi connectivity index (χ3n) is 5.27. The maximum absolute atomic E-state index is 12.7. The lowest BCUT2D eigenvalue weighted by Crippen LogP contribution is -2.13. The zero-order valence-electron chi connectivity index (χ0n) is 16.5. The van der Waals surface area contributed by atoms with Gasteiger partial charge in [0, 0.05) is 23.8 Å². The first kappa shape index (κ1) is 18.5. The van der Waals surface area contributed by atoms with Crippen molar-refractivity contribution in [1.82, 2.24) is 29.1 Å². The quantitative estimate of drug-likeness (QED) is 0.372. The molecule has 0 unspecified atom stereocenters. The van der Waals surface area contributed by atoms with E-state index in [0.29, 0.717) is 21.6 Å². The molecule has 152 valence electrons. The second-order valence-electron chi connectivity index (χ2n) is 7.09. The third kappa shape index (κ3) is 2.92. The number of rotatable bonds is 4. The molecule has 6 rings (SSSR count). The predicted molar refractivity (Wildman–Crippen MR) is 125 cm³/mol. The fourth-order valence-corrected chi connectivity index (χ4v) is 5.63.